The van der Waals surface area contributed by atoms with Crippen LogP contribution in [0.2, 0.25) is 0 Å². The summed E-state index contributed by atoms with van der Waals surface area (Å²) in [6.45, 7) is 3.95. The highest BCUT2D eigenvalue weighted by Gasteiger charge is 1.89. The van der Waals surface area contributed by atoms with E-state index in [9.17, 15) is 0 Å². The second kappa shape index (κ2) is 5.23. The van der Waals surface area contributed by atoms with Crippen LogP contribution >= 0.6 is 11.4 Å². The third-order valence-corrected chi connectivity index (χ3v) is 2.16. The van der Waals surface area contributed by atoms with Crippen LogP contribution in [0, 0.1) is 5.41 Å². The van der Waals surface area contributed by atoms with Gasteiger partial charge in [-0.1, -0.05) is 5.37 Å². The maximum absolute atomic E-state index is 7.05. The number of rotatable bonds is 3. The van der Waals surface area contributed by atoms with Crippen molar-refractivity contribution in [2.45, 2.75) is 13.8 Å². The fraction of sp³-hybridized carbons (Fsp3) is 0.429. The predicted molar refractivity (Wildman–Crippen MR) is 51.3 cm³/mol. The molecule has 0 aliphatic heterocycles. The Labute approximate surface area is 65.8 Å². The molecule has 2 nitrogen and oxygen atoms in total. The van der Waals surface area contributed by atoms with Crippen molar-refractivity contribution in [1.29, 1.82) is 5.41 Å². The fourth-order valence-corrected chi connectivity index (χ4v) is 1.17. The number of allylic oxidation sites excluding steroid dienone is 2. The van der Waals surface area contributed by atoms with Crippen molar-refractivity contribution >= 4 is 22.9 Å². The summed E-state index contributed by atoms with van der Waals surface area (Å²) in [6.07, 6.45) is 1.38. The van der Waals surface area contributed by atoms with Gasteiger partial charge in [0, 0.05) is 23.9 Å². The highest BCUT2D eigenvalue weighted by molar-refractivity contribution is 8.02. The van der Waals surface area contributed by atoms with Crippen LogP contribution in [0.3, 0.4) is 0 Å². The van der Waals surface area contributed by atoms with E-state index in [-0.39, 0.29) is 0 Å². The molecule has 0 saturated carbocycles. The van der Waals surface area contributed by atoms with E-state index in [2.05, 4.69) is 5.32 Å². The Bertz CT molecular complexity index is 170. The van der Waals surface area contributed by atoms with Crippen molar-refractivity contribution in [2.75, 3.05) is 7.05 Å². The van der Waals surface area contributed by atoms with E-state index < -0.39 is 0 Å². The smallest absolute Gasteiger partial charge is 0.0349 e. The Morgan fingerprint density at radius 3 is 2.50 bits per heavy atom. The molecule has 0 aromatic carbocycles. The van der Waals surface area contributed by atoms with E-state index in [1.807, 2.05) is 26.3 Å². The minimum absolute atomic E-state index is 1.02. The lowest BCUT2D eigenvalue weighted by Gasteiger charge is -2.00. The minimum Gasteiger partial charge on any atom is -0.391 e. The molecule has 58 valence electrons. The molecule has 0 spiro atoms. The van der Waals surface area contributed by atoms with Crippen molar-refractivity contribution in [2.24, 2.45) is 0 Å². The average Bonchev–Trinajstić information content (AvgIpc) is 1.99. The van der Waals surface area contributed by atoms with Gasteiger partial charge in [0.15, 0.2) is 0 Å². The van der Waals surface area contributed by atoms with Crippen molar-refractivity contribution in [3.05, 3.63) is 10.6 Å². The van der Waals surface area contributed by atoms with Crippen LogP contribution in [-0.4, -0.2) is 18.6 Å². The van der Waals surface area contributed by atoms with Crippen LogP contribution in [0.15, 0.2) is 10.6 Å². The van der Waals surface area contributed by atoms with E-state index in [1.54, 1.807) is 0 Å². The zero-order valence-corrected chi connectivity index (χ0v) is 7.50. The third-order valence-electron chi connectivity index (χ3n) is 1.16. The molecule has 0 bridgehead atoms. The Morgan fingerprint density at radius 1 is 1.60 bits per heavy atom. The van der Waals surface area contributed by atoms with Gasteiger partial charge in [-0.15, -0.1) is 0 Å². The zero-order valence-electron chi connectivity index (χ0n) is 6.60. The summed E-state index contributed by atoms with van der Waals surface area (Å²) in [5.41, 5.74) is 1.06. The molecule has 0 amide bonds. The zero-order chi connectivity index (χ0) is 7.98. The highest BCUT2D eigenvalue weighted by Crippen LogP contribution is 2.06. The van der Waals surface area contributed by atoms with Crippen LogP contribution < -0.4 is 5.32 Å². The Balaban J connectivity index is 4.44. The van der Waals surface area contributed by atoms with Gasteiger partial charge in [0.05, 0.1) is 0 Å². The van der Waals surface area contributed by atoms with E-state index >= 15 is 0 Å². The second-order valence-electron chi connectivity index (χ2n) is 1.79. The molecule has 2 N–H and O–H groups in total. The molecule has 0 aromatic heterocycles. The standard InChI is InChI=1S/C7H14N2S/c1-4-10-7(5-8)6(2)9-3/h4-5,8-10H,1-3H3/b7-6+,8-5?. The van der Waals surface area contributed by atoms with Crippen LogP contribution in [-0.2, 0) is 0 Å². The number of nitrogens with one attached hydrogen (secondary N) is 2. The maximum Gasteiger partial charge on any atom is 0.0349 e. The van der Waals surface area contributed by atoms with Crippen LogP contribution in [0.5, 0.6) is 0 Å². The molecule has 0 fully saturated rings. The number of hydrogen-bond donors (Lipinski definition) is 3. The lowest BCUT2D eigenvalue weighted by molar-refractivity contribution is 0.990. The first-order valence-electron chi connectivity index (χ1n) is 3.14. The maximum atomic E-state index is 7.05. The Hall–Kier alpha value is -0.570. The predicted octanol–water partition coefficient (Wildman–Crippen LogP) is 1.37. The van der Waals surface area contributed by atoms with E-state index in [4.69, 9.17) is 5.41 Å². The highest BCUT2D eigenvalue weighted by atomic mass is 32.1. The third kappa shape index (κ3) is 2.82. The Morgan fingerprint density at radius 2 is 2.20 bits per heavy atom. The van der Waals surface area contributed by atoms with Crippen molar-refractivity contribution in [1.82, 2.24) is 5.32 Å². The van der Waals surface area contributed by atoms with Gasteiger partial charge in [-0.2, -0.15) is 11.4 Å². The summed E-state index contributed by atoms with van der Waals surface area (Å²) in [5.74, 6) is 0. The van der Waals surface area contributed by atoms with Crippen molar-refractivity contribution < 1.29 is 0 Å². The van der Waals surface area contributed by atoms with E-state index in [0.29, 0.717) is 0 Å². The van der Waals surface area contributed by atoms with Gasteiger partial charge in [-0.25, -0.2) is 0 Å². The molecule has 0 heterocycles. The second-order valence-corrected chi connectivity index (χ2v) is 3.05. The fourth-order valence-electron chi connectivity index (χ4n) is 0.510. The molecule has 0 aliphatic rings. The first kappa shape index (κ1) is 9.43. The van der Waals surface area contributed by atoms with Gasteiger partial charge in [0.1, 0.15) is 0 Å². The van der Waals surface area contributed by atoms with Gasteiger partial charge in [-0.3, -0.25) is 0 Å². The summed E-state index contributed by atoms with van der Waals surface area (Å²) >= 11 is 1.10. The normalized spacial score (nSPS) is 13.9. The molecule has 0 saturated heterocycles. The van der Waals surface area contributed by atoms with Crippen LogP contribution in [0.25, 0.3) is 0 Å². The van der Waals surface area contributed by atoms with Gasteiger partial charge < -0.3 is 10.7 Å². The molecular formula is C7H14N2S. The minimum atomic E-state index is 1.02. The molecule has 3 heteroatoms. The molecule has 0 radical (unpaired) electrons. The molecule has 10 heavy (non-hydrogen) atoms. The molecule has 0 aromatic rings. The quantitative estimate of drug-likeness (QED) is 0.324. The van der Waals surface area contributed by atoms with Crippen molar-refractivity contribution in [3.8, 4) is 0 Å². The number of hydrogen-bond acceptors (Lipinski definition) is 2. The summed E-state index contributed by atoms with van der Waals surface area (Å²) < 4.78 is 0. The average molecular weight is 158 g/mol. The SMILES string of the molecule is C/C=[SH]\C(C=N)=C(/C)NC. The summed E-state index contributed by atoms with van der Waals surface area (Å²) in [6, 6.07) is 0. The van der Waals surface area contributed by atoms with E-state index in [1.165, 1.54) is 6.21 Å². The van der Waals surface area contributed by atoms with Gasteiger partial charge in [-0.05, 0) is 13.8 Å². The molecule has 0 unspecified atom stereocenters. The van der Waals surface area contributed by atoms with Gasteiger partial charge >= 0.3 is 0 Å². The first-order chi connectivity index (χ1) is 4.76. The van der Waals surface area contributed by atoms with Crippen LogP contribution in [0.1, 0.15) is 13.8 Å². The Kier molecular flexibility index (Phi) is 4.94. The molecule has 0 atom stereocenters. The summed E-state index contributed by atoms with van der Waals surface area (Å²) in [5, 5.41) is 12.1. The van der Waals surface area contributed by atoms with Gasteiger partial charge in [0.25, 0.3) is 0 Å². The van der Waals surface area contributed by atoms with Crippen LogP contribution in [0.4, 0.5) is 0 Å². The van der Waals surface area contributed by atoms with E-state index in [0.717, 1.165) is 22.0 Å². The number of thiol groups is 1. The summed E-state index contributed by atoms with van der Waals surface area (Å²) in [4.78, 5) is 1.02. The summed E-state index contributed by atoms with van der Waals surface area (Å²) in [7, 11) is 1.87. The van der Waals surface area contributed by atoms with Gasteiger partial charge in [0.2, 0.25) is 0 Å². The molecule has 0 rings (SSSR count). The lowest BCUT2D eigenvalue weighted by Crippen LogP contribution is -2.04. The molecule has 0 aliphatic carbocycles. The lowest BCUT2D eigenvalue weighted by atomic mass is 10.4. The topological polar surface area (TPSA) is 35.9 Å². The molecular weight excluding hydrogens is 144 g/mol. The first-order valence-corrected chi connectivity index (χ1v) is 4.10. The largest absolute Gasteiger partial charge is 0.391 e. The monoisotopic (exact) mass is 158 g/mol. The van der Waals surface area contributed by atoms with Crippen molar-refractivity contribution in [3.63, 3.8) is 0 Å².